The molecule has 22 heavy (non-hydrogen) atoms. The van der Waals surface area contributed by atoms with Crippen LogP contribution in [0.2, 0.25) is 5.02 Å². The third kappa shape index (κ3) is 3.51. The van der Waals surface area contributed by atoms with Gasteiger partial charge in [0.25, 0.3) is 5.22 Å². The molecular formula is C17H15ClN2OS. The van der Waals surface area contributed by atoms with Crippen LogP contribution in [-0.2, 0) is 5.75 Å². The largest absolute Gasteiger partial charge is 0.411 e. The Balaban J connectivity index is 1.75. The average molecular weight is 331 g/mol. The molecule has 0 fully saturated rings. The molecule has 0 saturated carbocycles. The molecule has 0 aliphatic heterocycles. The topological polar surface area (TPSA) is 38.9 Å². The van der Waals surface area contributed by atoms with Gasteiger partial charge in [-0.15, -0.1) is 10.2 Å². The minimum absolute atomic E-state index is 0.549. The van der Waals surface area contributed by atoms with Gasteiger partial charge in [-0.3, -0.25) is 0 Å². The predicted molar refractivity (Wildman–Crippen MR) is 90.2 cm³/mol. The SMILES string of the molecule is Cc1cc(C)cc(-c2nnc(SCc3ccccc3Cl)o2)c1. The Kier molecular flexibility index (Phi) is 4.50. The lowest BCUT2D eigenvalue weighted by Crippen LogP contribution is -1.82. The Morgan fingerprint density at radius 2 is 1.77 bits per heavy atom. The average Bonchev–Trinajstić information content (AvgIpc) is 2.94. The third-order valence-corrected chi connectivity index (χ3v) is 4.42. The number of rotatable bonds is 4. The van der Waals surface area contributed by atoms with E-state index >= 15 is 0 Å². The van der Waals surface area contributed by atoms with Crippen LogP contribution in [0.3, 0.4) is 0 Å². The van der Waals surface area contributed by atoms with Crippen molar-refractivity contribution in [2.45, 2.75) is 24.8 Å². The summed E-state index contributed by atoms with van der Waals surface area (Å²) in [7, 11) is 0. The van der Waals surface area contributed by atoms with E-state index in [1.807, 2.05) is 36.4 Å². The highest BCUT2D eigenvalue weighted by Crippen LogP contribution is 2.28. The molecule has 3 aromatic rings. The standard InChI is InChI=1S/C17H15ClN2OS/c1-11-7-12(2)9-14(8-11)16-19-20-17(21-16)22-10-13-5-3-4-6-15(13)18/h3-9H,10H2,1-2H3. The number of halogens is 1. The van der Waals surface area contributed by atoms with Crippen LogP contribution in [0.5, 0.6) is 0 Å². The third-order valence-electron chi connectivity index (χ3n) is 3.18. The molecule has 0 unspecified atom stereocenters. The molecule has 1 aromatic heterocycles. The van der Waals surface area contributed by atoms with Crippen LogP contribution < -0.4 is 0 Å². The number of nitrogens with zero attached hydrogens (tertiary/aromatic N) is 2. The molecule has 3 nitrogen and oxygen atoms in total. The van der Waals surface area contributed by atoms with Gasteiger partial charge in [-0.1, -0.05) is 58.8 Å². The van der Waals surface area contributed by atoms with Gasteiger partial charge in [0.1, 0.15) is 0 Å². The molecule has 0 saturated heterocycles. The highest BCUT2D eigenvalue weighted by molar-refractivity contribution is 7.98. The van der Waals surface area contributed by atoms with Crippen molar-refractivity contribution in [1.82, 2.24) is 10.2 Å². The Morgan fingerprint density at radius 3 is 2.50 bits per heavy atom. The second-order valence-electron chi connectivity index (χ2n) is 5.13. The summed E-state index contributed by atoms with van der Waals surface area (Å²) < 4.78 is 5.74. The van der Waals surface area contributed by atoms with Gasteiger partial charge in [-0.2, -0.15) is 0 Å². The van der Waals surface area contributed by atoms with Crippen molar-refractivity contribution >= 4 is 23.4 Å². The molecule has 2 aromatic carbocycles. The lowest BCUT2D eigenvalue weighted by Gasteiger charge is -2.01. The van der Waals surface area contributed by atoms with Crippen LogP contribution in [0.4, 0.5) is 0 Å². The van der Waals surface area contributed by atoms with Gasteiger partial charge in [-0.05, 0) is 37.6 Å². The van der Waals surface area contributed by atoms with Gasteiger partial charge >= 0.3 is 0 Å². The summed E-state index contributed by atoms with van der Waals surface area (Å²) in [5.41, 5.74) is 4.37. The second kappa shape index (κ2) is 6.55. The number of aromatic nitrogens is 2. The molecular weight excluding hydrogens is 316 g/mol. The maximum absolute atomic E-state index is 6.15. The molecule has 0 aliphatic rings. The fourth-order valence-electron chi connectivity index (χ4n) is 2.24. The van der Waals surface area contributed by atoms with E-state index < -0.39 is 0 Å². The molecule has 0 aliphatic carbocycles. The second-order valence-corrected chi connectivity index (χ2v) is 6.46. The first kappa shape index (κ1) is 15.1. The molecule has 112 valence electrons. The zero-order valence-corrected chi connectivity index (χ0v) is 13.9. The predicted octanol–water partition coefficient (Wildman–Crippen LogP) is 5.30. The minimum atomic E-state index is 0.549. The quantitative estimate of drug-likeness (QED) is 0.608. The van der Waals surface area contributed by atoms with Gasteiger partial charge in [0.05, 0.1) is 0 Å². The maximum atomic E-state index is 6.15. The lowest BCUT2D eigenvalue weighted by molar-refractivity contribution is 0.466. The van der Waals surface area contributed by atoms with Crippen molar-refractivity contribution in [3.05, 3.63) is 64.2 Å². The summed E-state index contributed by atoms with van der Waals surface area (Å²) in [5.74, 6) is 1.25. The van der Waals surface area contributed by atoms with Crippen molar-refractivity contribution in [2.24, 2.45) is 0 Å². The molecule has 3 rings (SSSR count). The number of hydrogen-bond donors (Lipinski definition) is 0. The van der Waals surface area contributed by atoms with Crippen molar-refractivity contribution in [1.29, 1.82) is 0 Å². The van der Waals surface area contributed by atoms with E-state index in [0.717, 1.165) is 16.1 Å². The summed E-state index contributed by atoms with van der Waals surface area (Å²) in [6.45, 7) is 4.11. The first-order valence-electron chi connectivity index (χ1n) is 6.90. The van der Waals surface area contributed by atoms with Crippen LogP contribution in [0.15, 0.2) is 52.1 Å². The molecule has 0 N–H and O–H groups in total. The van der Waals surface area contributed by atoms with Gasteiger partial charge in [0, 0.05) is 16.3 Å². The lowest BCUT2D eigenvalue weighted by atomic mass is 10.1. The molecule has 0 amide bonds. The van der Waals surface area contributed by atoms with Crippen LogP contribution in [0.1, 0.15) is 16.7 Å². The zero-order chi connectivity index (χ0) is 15.5. The summed E-state index contributed by atoms with van der Waals surface area (Å²) >= 11 is 7.63. The summed E-state index contributed by atoms with van der Waals surface area (Å²) in [5, 5.41) is 9.54. The van der Waals surface area contributed by atoms with Crippen molar-refractivity contribution in [3.63, 3.8) is 0 Å². The summed E-state index contributed by atoms with van der Waals surface area (Å²) in [4.78, 5) is 0. The molecule has 0 radical (unpaired) electrons. The van der Waals surface area contributed by atoms with Crippen molar-refractivity contribution in [2.75, 3.05) is 0 Å². The monoisotopic (exact) mass is 330 g/mol. The maximum Gasteiger partial charge on any atom is 0.277 e. The first-order valence-corrected chi connectivity index (χ1v) is 8.26. The minimum Gasteiger partial charge on any atom is -0.411 e. The van der Waals surface area contributed by atoms with E-state index in [2.05, 4.69) is 30.1 Å². The van der Waals surface area contributed by atoms with E-state index in [-0.39, 0.29) is 0 Å². The Bertz CT molecular complexity index is 781. The Morgan fingerprint density at radius 1 is 1.05 bits per heavy atom. The van der Waals surface area contributed by atoms with Gasteiger partial charge in [-0.25, -0.2) is 0 Å². The normalized spacial score (nSPS) is 10.9. The summed E-state index contributed by atoms with van der Waals surface area (Å²) in [6.07, 6.45) is 0. The molecule has 5 heteroatoms. The number of benzene rings is 2. The van der Waals surface area contributed by atoms with Crippen molar-refractivity contribution in [3.8, 4) is 11.5 Å². The van der Waals surface area contributed by atoms with Crippen LogP contribution in [0, 0.1) is 13.8 Å². The van der Waals surface area contributed by atoms with Gasteiger partial charge < -0.3 is 4.42 Å². The van der Waals surface area contributed by atoms with Crippen LogP contribution >= 0.6 is 23.4 Å². The Hall–Kier alpha value is -1.78. The van der Waals surface area contributed by atoms with E-state index in [1.54, 1.807) is 0 Å². The number of aryl methyl sites for hydroxylation is 2. The fourth-order valence-corrected chi connectivity index (χ4v) is 3.29. The highest BCUT2D eigenvalue weighted by Gasteiger charge is 2.10. The number of hydrogen-bond acceptors (Lipinski definition) is 4. The van der Waals surface area contributed by atoms with E-state index in [0.29, 0.717) is 16.9 Å². The Labute approximate surface area is 138 Å². The fraction of sp³-hybridized carbons (Fsp3) is 0.176. The van der Waals surface area contributed by atoms with E-state index in [1.165, 1.54) is 22.9 Å². The molecule has 0 bridgehead atoms. The first-order chi connectivity index (χ1) is 10.6. The summed E-state index contributed by atoms with van der Waals surface area (Å²) in [6, 6.07) is 14.0. The highest BCUT2D eigenvalue weighted by atomic mass is 35.5. The zero-order valence-electron chi connectivity index (χ0n) is 12.3. The molecule has 0 spiro atoms. The van der Waals surface area contributed by atoms with Crippen molar-refractivity contribution < 1.29 is 4.42 Å². The van der Waals surface area contributed by atoms with Crippen LogP contribution in [-0.4, -0.2) is 10.2 Å². The molecule has 1 heterocycles. The smallest absolute Gasteiger partial charge is 0.277 e. The van der Waals surface area contributed by atoms with Gasteiger partial charge in [0.2, 0.25) is 5.89 Å². The molecule has 0 atom stereocenters. The van der Waals surface area contributed by atoms with Crippen LogP contribution in [0.25, 0.3) is 11.5 Å². The van der Waals surface area contributed by atoms with Gasteiger partial charge in [0.15, 0.2) is 0 Å². The van der Waals surface area contributed by atoms with E-state index in [4.69, 9.17) is 16.0 Å². The van der Waals surface area contributed by atoms with E-state index in [9.17, 15) is 0 Å². The number of thioether (sulfide) groups is 1.